The van der Waals surface area contributed by atoms with Gasteiger partial charge in [-0.15, -0.1) is 0 Å². The van der Waals surface area contributed by atoms with E-state index in [-0.39, 0.29) is 5.69 Å². The number of carbonyl (C=O) groups is 1. The van der Waals surface area contributed by atoms with E-state index in [0.717, 1.165) is 5.56 Å². The second kappa shape index (κ2) is 6.49. The molecule has 0 saturated carbocycles. The molecule has 2 aromatic rings. The number of nitrogens with one attached hydrogen (secondary N) is 1. The predicted octanol–water partition coefficient (Wildman–Crippen LogP) is 2.33. The van der Waals surface area contributed by atoms with Crippen molar-refractivity contribution < 1.29 is 9.72 Å². The van der Waals surface area contributed by atoms with Crippen molar-refractivity contribution in [1.82, 2.24) is 5.43 Å². The van der Waals surface area contributed by atoms with E-state index in [0.29, 0.717) is 17.0 Å². The molecule has 0 unspecified atom stereocenters. The molecule has 0 radical (unpaired) electrons. The van der Waals surface area contributed by atoms with Gasteiger partial charge in [-0.1, -0.05) is 12.1 Å². The Kier molecular flexibility index (Phi) is 4.47. The number of nitrogens with zero attached hydrogens (tertiary/aromatic N) is 2. The molecule has 22 heavy (non-hydrogen) atoms. The van der Waals surface area contributed by atoms with Crippen molar-refractivity contribution in [3.05, 3.63) is 69.8 Å². The summed E-state index contributed by atoms with van der Waals surface area (Å²) in [6.07, 6.45) is 0. The summed E-state index contributed by atoms with van der Waals surface area (Å²) in [7, 11) is 0. The van der Waals surface area contributed by atoms with Crippen molar-refractivity contribution in [2.75, 3.05) is 5.73 Å². The fraction of sp³-hybridized carbons (Fsp3) is 0.0667. The summed E-state index contributed by atoms with van der Waals surface area (Å²) in [6, 6.07) is 12.4. The highest BCUT2D eigenvalue weighted by Gasteiger charge is 2.09. The van der Waals surface area contributed by atoms with E-state index in [2.05, 4.69) is 10.5 Å². The fourth-order valence-electron chi connectivity index (χ4n) is 1.72. The summed E-state index contributed by atoms with van der Waals surface area (Å²) in [6.45, 7) is 1.75. The van der Waals surface area contributed by atoms with Crippen LogP contribution in [0.15, 0.2) is 53.6 Å². The number of anilines is 1. The average Bonchev–Trinajstić information content (AvgIpc) is 2.53. The Hall–Kier alpha value is -3.22. The van der Waals surface area contributed by atoms with E-state index in [1.807, 2.05) is 0 Å². The highest BCUT2D eigenvalue weighted by Crippen LogP contribution is 2.12. The standard InChI is InChI=1S/C15H14N4O3/c1-10(11-2-6-13(16)7-3-11)17-18-15(20)12-4-8-14(9-5-12)19(21)22/h2-9H,16H2,1H3,(H,18,20)/b17-10+. The van der Waals surface area contributed by atoms with E-state index in [1.165, 1.54) is 24.3 Å². The van der Waals surface area contributed by atoms with Crippen LogP contribution in [-0.4, -0.2) is 16.5 Å². The Balaban J connectivity index is 2.06. The van der Waals surface area contributed by atoms with Crippen LogP contribution in [0.3, 0.4) is 0 Å². The second-order valence-electron chi connectivity index (χ2n) is 4.56. The molecule has 0 aliphatic rings. The van der Waals surface area contributed by atoms with E-state index < -0.39 is 10.8 Å². The van der Waals surface area contributed by atoms with Gasteiger partial charge in [0.2, 0.25) is 0 Å². The molecule has 2 rings (SSSR count). The van der Waals surface area contributed by atoms with Gasteiger partial charge < -0.3 is 5.73 Å². The number of amides is 1. The van der Waals surface area contributed by atoms with Crippen molar-refractivity contribution in [2.24, 2.45) is 5.10 Å². The van der Waals surface area contributed by atoms with Gasteiger partial charge in [0.05, 0.1) is 10.6 Å². The maximum Gasteiger partial charge on any atom is 0.271 e. The topological polar surface area (TPSA) is 111 Å². The summed E-state index contributed by atoms with van der Waals surface area (Å²) in [5.41, 5.74) is 10.3. The summed E-state index contributed by atoms with van der Waals surface area (Å²) in [4.78, 5) is 21.9. The van der Waals surface area contributed by atoms with Crippen LogP contribution in [0.2, 0.25) is 0 Å². The third-order valence-electron chi connectivity index (χ3n) is 2.99. The number of hydrogen-bond acceptors (Lipinski definition) is 5. The van der Waals surface area contributed by atoms with Gasteiger partial charge in [0.25, 0.3) is 11.6 Å². The molecule has 7 nitrogen and oxygen atoms in total. The van der Waals surface area contributed by atoms with Crippen LogP contribution in [0.25, 0.3) is 0 Å². The molecule has 0 bridgehead atoms. The zero-order valence-electron chi connectivity index (χ0n) is 11.8. The van der Waals surface area contributed by atoms with Crippen LogP contribution >= 0.6 is 0 Å². The number of rotatable bonds is 4. The quantitative estimate of drug-likeness (QED) is 0.390. The normalized spacial score (nSPS) is 11.0. The van der Waals surface area contributed by atoms with E-state index >= 15 is 0 Å². The van der Waals surface area contributed by atoms with Gasteiger partial charge in [0.1, 0.15) is 0 Å². The van der Waals surface area contributed by atoms with Gasteiger partial charge >= 0.3 is 0 Å². The van der Waals surface area contributed by atoms with Crippen molar-refractivity contribution in [2.45, 2.75) is 6.92 Å². The Morgan fingerprint density at radius 2 is 1.64 bits per heavy atom. The minimum Gasteiger partial charge on any atom is -0.399 e. The lowest BCUT2D eigenvalue weighted by Gasteiger charge is -2.03. The molecule has 0 fully saturated rings. The monoisotopic (exact) mass is 298 g/mol. The first-order chi connectivity index (χ1) is 10.5. The van der Waals surface area contributed by atoms with Crippen LogP contribution in [0, 0.1) is 10.1 Å². The summed E-state index contributed by atoms with van der Waals surface area (Å²) >= 11 is 0. The molecule has 0 aliphatic heterocycles. The first kappa shape index (κ1) is 15.2. The van der Waals surface area contributed by atoms with Gasteiger partial charge in [-0.3, -0.25) is 14.9 Å². The van der Waals surface area contributed by atoms with Gasteiger partial charge in [0.15, 0.2) is 0 Å². The molecule has 0 heterocycles. The Morgan fingerprint density at radius 3 is 2.18 bits per heavy atom. The first-order valence-corrected chi connectivity index (χ1v) is 6.42. The highest BCUT2D eigenvalue weighted by atomic mass is 16.6. The maximum atomic E-state index is 11.9. The third kappa shape index (κ3) is 3.66. The molecule has 0 spiro atoms. The zero-order chi connectivity index (χ0) is 16.1. The van der Waals surface area contributed by atoms with E-state index in [9.17, 15) is 14.9 Å². The van der Waals surface area contributed by atoms with Crippen LogP contribution in [0.5, 0.6) is 0 Å². The van der Waals surface area contributed by atoms with Crippen LogP contribution < -0.4 is 11.2 Å². The number of benzene rings is 2. The van der Waals surface area contributed by atoms with Crippen LogP contribution in [0.1, 0.15) is 22.8 Å². The molecule has 0 aliphatic carbocycles. The van der Waals surface area contributed by atoms with E-state index in [1.54, 1.807) is 31.2 Å². The molecule has 0 aromatic heterocycles. The Labute approximate surface area is 126 Å². The zero-order valence-corrected chi connectivity index (χ0v) is 11.8. The number of carbonyl (C=O) groups excluding carboxylic acids is 1. The Morgan fingerprint density at radius 1 is 1.09 bits per heavy atom. The minimum absolute atomic E-state index is 0.0712. The largest absolute Gasteiger partial charge is 0.399 e. The lowest BCUT2D eigenvalue weighted by Crippen LogP contribution is -2.19. The van der Waals surface area contributed by atoms with Crippen molar-refractivity contribution in [3.8, 4) is 0 Å². The Bertz CT molecular complexity index is 721. The number of non-ortho nitro benzene ring substituents is 1. The molecular formula is C15H14N4O3. The first-order valence-electron chi connectivity index (χ1n) is 6.42. The van der Waals surface area contributed by atoms with Crippen molar-refractivity contribution >= 4 is 23.0 Å². The number of hydrazone groups is 1. The predicted molar refractivity (Wildman–Crippen MR) is 83.6 cm³/mol. The molecule has 0 saturated heterocycles. The maximum absolute atomic E-state index is 11.9. The van der Waals surface area contributed by atoms with E-state index in [4.69, 9.17) is 5.73 Å². The number of nitro groups is 1. The molecule has 112 valence electrons. The molecule has 2 aromatic carbocycles. The average molecular weight is 298 g/mol. The summed E-state index contributed by atoms with van der Waals surface area (Å²) < 4.78 is 0. The van der Waals surface area contributed by atoms with Crippen molar-refractivity contribution in [3.63, 3.8) is 0 Å². The second-order valence-corrected chi connectivity index (χ2v) is 4.56. The number of hydrogen-bond donors (Lipinski definition) is 2. The lowest BCUT2D eigenvalue weighted by atomic mass is 10.1. The number of nitro benzene ring substituents is 1. The molecule has 7 heteroatoms. The minimum atomic E-state index is -0.523. The van der Waals surface area contributed by atoms with Gasteiger partial charge in [-0.25, -0.2) is 5.43 Å². The van der Waals surface area contributed by atoms with Crippen LogP contribution in [0.4, 0.5) is 11.4 Å². The van der Waals surface area contributed by atoms with Crippen LogP contribution in [-0.2, 0) is 0 Å². The van der Waals surface area contributed by atoms with Gasteiger partial charge in [-0.2, -0.15) is 5.10 Å². The lowest BCUT2D eigenvalue weighted by molar-refractivity contribution is -0.384. The summed E-state index contributed by atoms with van der Waals surface area (Å²) in [5, 5.41) is 14.6. The molecule has 0 atom stereocenters. The molecule has 3 N–H and O–H groups in total. The SMILES string of the molecule is C/C(=N\NC(=O)c1ccc([N+](=O)[O-])cc1)c1ccc(N)cc1. The third-order valence-corrected chi connectivity index (χ3v) is 2.99. The van der Waals surface area contributed by atoms with Gasteiger partial charge in [-0.05, 0) is 36.8 Å². The highest BCUT2D eigenvalue weighted by molar-refractivity contribution is 6.01. The number of nitrogens with two attached hydrogens (primary N) is 1. The molecular weight excluding hydrogens is 284 g/mol. The number of nitrogen functional groups attached to an aromatic ring is 1. The smallest absolute Gasteiger partial charge is 0.271 e. The fourth-order valence-corrected chi connectivity index (χ4v) is 1.72. The van der Waals surface area contributed by atoms with Crippen molar-refractivity contribution in [1.29, 1.82) is 0 Å². The summed E-state index contributed by atoms with van der Waals surface area (Å²) in [5.74, 6) is -0.440. The van der Waals surface area contributed by atoms with Gasteiger partial charge in [0, 0.05) is 23.4 Å². The molecule has 1 amide bonds.